The van der Waals surface area contributed by atoms with Gasteiger partial charge in [0.15, 0.2) is 0 Å². The van der Waals surface area contributed by atoms with Crippen molar-refractivity contribution in [2.45, 2.75) is 19.9 Å². The topological polar surface area (TPSA) is 38.1 Å². The van der Waals surface area contributed by atoms with E-state index in [1.807, 2.05) is 30.3 Å². The summed E-state index contributed by atoms with van der Waals surface area (Å²) < 4.78 is 1.63. The first-order valence-corrected chi connectivity index (χ1v) is 6.04. The van der Waals surface area contributed by atoms with Crippen molar-refractivity contribution >= 4 is 11.6 Å². The summed E-state index contributed by atoms with van der Waals surface area (Å²) in [7, 11) is 1.81. The second kappa shape index (κ2) is 5.49. The van der Waals surface area contributed by atoms with Gasteiger partial charge in [0.1, 0.15) is 6.54 Å². The largest absolute Gasteiger partial charge is 0.314 e. The molecule has 0 spiro atoms. The van der Waals surface area contributed by atoms with Crippen LogP contribution >= 0.6 is 0 Å². The number of amides is 1. The third-order valence-corrected chi connectivity index (χ3v) is 2.96. The van der Waals surface area contributed by atoms with Gasteiger partial charge >= 0.3 is 0 Å². The number of likely N-dealkylation sites (N-methyl/N-ethyl adjacent to an activating group) is 1. The highest BCUT2D eigenvalue weighted by Crippen LogP contribution is 2.19. The molecule has 1 aromatic heterocycles. The Hall–Kier alpha value is -2.10. The molecule has 0 aliphatic rings. The van der Waals surface area contributed by atoms with Crippen molar-refractivity contribution in [3.63, 3.8) is 0 Å². The van der Waals surface area contributed by atoms with Crippen molar-refractivity contribution in [3.05, 3.63) is 48.3 Å². The van der Waals surface area contributed by atoms with E-state index >= 15 is 0 Å². The highest BCUT2D eigenvalue weighted by atomic mass is 16.2. The minimum absolute atomic E-state index is 0.0274. The molecule has 0 unspecified atom stereocenters. The fourth-order valence-electron chi connectivity index (χ4n) is 1.91. The number of rotatable bonds is 4. The average Bonchev–Trinajstić information content (AvgIpc) is 2.90. The molecule has 1 amide bonds. The predicted octanol–water partition coefficient (Wildman–Crippen LogP) is 2.11. The van der Waals surface area contributed by atoms with Crippen molar-refractivity contribution in [1.29, 1.82) is 0 Å². The second-order valence-electron chi connectivity index (χ2n) is 4.14. The van der Waals surface area contributed by atoms with E-state index in [2.05, 4.69) is 12.0 Å². The van der Waals surface area contributed by atoms with Gasteiger partial charge in [-0.1, -0.05) is 25.1 Å². The van der Waals surface area contributed by atoms with Crippen molar-refractivity contribution in [2.75, 3.05) is 11.9 Å². The van der Waals surface area contributed by atoms with Crippen molar-refractivity contribution in [3.8, 4) is 0 Å². The summed E-state index contributed by atoms with van der Waals surface area (Å²) in [5.74, 6) is 0.0274. The summed E-state index contributed by atoms with van der Waals surface area (Å²) in [6.07, 6.45) is 4.38. The normalized spacial score (nSPS) is 10.3. The van der Waals surface area contributed by atoms with Gasteiger partial charge in [-0.2, -0.15) is 5.10 Å². The van der Waals surface area contributed by atoms with Gasteiger partial charge in [-0.15, -0.1) is 0 Å². The number of benzene rings is 1. The van der Waals surface area contributed by atoms with E-state index in [0.29, 0.717) is 0 Å². The Morgan fingerprint density at radius 1 is 1.33 bits per heavy atom. The van der Waals surface area contributed by atoms with Crippen LogP contribution in [0.3, 0.4) is 0 Å². The Bertz CT molecular complexity index is 520. The molecule has 0 aliphatic carbocycles. The summed E-state index contributed by atoms with van der Waals surface area (Å²) in [6.45, 7) is 2.35. The summed E-state index contributed by atoms with van der Waals surface area (Å²) in [5, 5.41) is 4.04. The molecule has 0 bridgehead atoms. The SMILES string of the molecule is CCc1ccccc1N(C)C(=O)Cn1cccn1. The number of nitrogens with zero attached hydrogens (tertiary/aromatic N) is 3. The van der Waals surface area contributed by atoms with Crippen LogP contribution in [0.2, 0.25) is 0 Å². The lowest BCUT2D eigenvalue weighted by Crippen LogP contribution is -2.30. The Morgan fingerprint density at radius 2 is 2.11 bits per heavy atom. The highest BCUT2D eigenvalue weighted by molar-refractivity contribution is 5.93. The Balaban J connectivity index is 2.15. The van der Waals surface area contributed by atoms with E-state index in [0.717, 1.165) is 12.1 Å². The zero-order chi connectivity index (χ0) is 13.0. The van der Waals surface area contributed by atoms with Crippen LogP contribution in [0.1, 0.15) is 12.5 Å². The van der Waals surface area contributed by atoms with E-state index in [-0.39, 0.29) is 12.5 Å². The fourth-order valence-corrected chi connectivity index (χ4v) is 1.91. The van der Waals surface area contributed by atoms with Gasteiger partial charge in [0.25, 0.3) is 0 Å². The first-order chi connectivity index (χ1) is 8.72. The van der Waals surface area contributed by atoms with E-state index in [4.69, 9.17) is 0 Å². The fraction of sp³-hybridized carbons (Fsp3) is 0.286. The summed E-state index contributed by atoms with van der Waals surface area (Å²) >= 11 is 0. The third-order valence-electron chi connectivity index (χ3n) is 2.96. The monoisotopic (exact) mass is 243 g/mol. The number of anilines is 1. The van der Waals surface area contributed by atoms with E-state index < -0.39 is 0 Å². The number of carbonyl (C=O) groups is 1. The van der Waals surface area contributed by atoms with E-state index in [1.54, 1.807) is 29.0 Å². The quantitative estimate of drug-likeness (QED) is 0.825. The van der Waals surface area contributed by atoms with Crippen LogP contribution in [-0.2, 0) is 17.8 Å². The number of para-hydroxylation sites is 1. The number of carbonyl (C=O) groups excluding carboxylic acids is 1. The van der Waals surface area contributed by atoms with Crippen LogP contribution in [0.25, 0.3) is 0 Å². The van der Waals surface area contributed by atoms with Crippen LogP contribution in [0.4, 0.5) is 5.69 Å². The zero-order valence-electron chi connectivity index (χ0n) is 10.7. The molecular weight excluding hydrogens is 226 g/mol. The van der Waals surface area contributed by atoms with Crippen molar-refractivity contribution in [1.82, 2.24) is 9.78 Å². The predicted molar refractivity (Wildman–Crippen MR) is 71.5 cm³/mol. The molecule has 4 heteroatoms. The van der Waals surface area contributed by atoms with Crippen LogP contribution in [0, 0.1) is 0 Å². The van der Waals surface area contributed by atoms with Crippen LogP contribution in [-0.4, -0.2) is 22.7 Å². The Morgan fingerprint density at radius 3 is 2.78 bits per heavy atom. The van der Waals surface area contributed by atoms with Gasteiger partial charge in [-0.05, 0) is 24.1 Å². The lowest BCUT2D eigenvalue weighted by molar-refractivity contribution is -0.119. The smallest absolute Gasteiger partial charge is 0.248 e. The molecule has 94 valence electrons. The van der Waals surface area contributed by atoms with Gasteiger partial charge in [0.05, 0.1) is 0 Å². The second-order valence-corrected chi connectivity index (χ2v) is 4.14. The molecular formula is C14H17N3O. The van der Waals surface area contributed by atoms with Crippen molar-refractivity contribution < 1.29 is 4.79 Å². The molecule has 2 aromatic rings. The molecule has 1 aromatic carbocycles. The van der Waals surface area contributed by atoms with Crippen LogP contribution in [0.15, 0.2) is 42.7 Å². The average molecular weight is 243 g/mol. The van der Waals surface area contributed by atoms with Gasteiger partial charge in [-0.25, -0.2) is 0 Å². The standard InChI is InChI=1S/C14H17N3O/c1-3-12-7-4-5-8-13(12)16(2)14(18)11-17-10-6-9-15-17/h4-10H,3,11H2,1-2H3. The summed E-state index contributed by atoms with van der Waals surface area (Å²) in [6, 6.07) is 9.78. The molecule has 1 heterocycles. The van der Waals surface area contributed by atoms with Gasteiger partial charge in [0.2, 0.25) is 5.91 Å². The first kappa shape index (κ1) is 12.4. The number of hydrogen-bond donors (Lipinski definition) is 0. The van der Waals surface area contributed by atoms with E-state index in [9.17, 15) is 4.79 Å². The maximum atomic E-state index is 12.1. The van der Waals surface area contributed by atoms with Gasteiger partial charge in [-0.3, -0.25) is 9.48 Å². The summed E-state index contributed by atoms with van der Waals surface area (Å²) in [5.41, 5.74) is 2.14. The minimum Gasteiger partial charge on any atom is -0.314 e. The minimum atomic E-state index is 0.0274. The van der Waals surface area contributed by atoms with Crippen molar-refractivity contribution in [2.24, 2.45) is 0 Å². The zero-order valence-corrected chi connectivity index (χ0v) is 10.7. The maximum absolute atomic E-state index is 12.1. The molecule has 0 radical (unpaired) electrons. The lowest BCUT2D eigenvalue weighted by Gasteiger charge is -2.20. The Labute approximate surface area is 107 Å². The number of aryl methyl sites for hydroxylation is 1. The molecule has 0 N–H and O–H groups in total. The molecule has 4 nitrogen and oxygen atoms in total. The van der Waals surface area contributed by atoms with Crippen LogP contribution < -0.4 is 4.90 Å². The van der Waals surface area contributed by atoms with Crippen LogP contribution in [0.5, 0.6) is 0 Å². The van der Waals surface area contributed by atoms with Gasteiger partial charge in [0, 0.05) is 25.1 Å². The molecule has 0 aliphatic heterocycles. The molecule has 0 atom stereocenters. The summed E-state index contributed by atoms with van der Waals surface area (Å²) in [4.78, 5) is 13.8. The van der Waals surface area contributed by atoms with Gasteiger partial charge < -0.3 is 4.90 Å². The Kier molecular flexibility index (Phi) is 3.77. The lowest BCUT2D eigenvalue weighted by atomic mass is 10.1. The highest BCUT2D eigenvalue weighted by Gasteiger charge is 2.13. The maximum Gasteiger partial charge on any atom is 0.248 e. The molecule has 0 saturated heterocycles. The van der Waals surface area contributed by atoms with E-state index in [1.165, 1.54) is 5.56 Å². The number of aromatic nitrogens is 2. The molecule has 0 saturated carbocycles. The number of hydrogen-bond acceptors (Lipinski definition) is 2. The molecule has 2 rings (SSSR count). The molecule has 18 heavy (non-hydrogen) atoms. The molecule has 0 fully saturated rings. The first-order valence-electron chi connectivity index (χ1n) is 6.04. The third kappa shape index (κ3) is 2.59.